The lowest BCUT2D eigenvalue weighted by molar-refractivity contribution is -0.133. The van der Waals surface area contributed by atoms with Gasteiger partial charge in [0.05, 0.1) is 25.4 Å². The van der Waals surface area contributed by atoms with Crippen molar-refractivity contribution in [2.75, 3.05) is 14.2 Å². The summed E-state index contributed by atoms with van der Waals surface area (Å²) in [7, 11) is 4.76. The number of carbonyl (C=O) groups is 1. The summed E-state index contributed by atoms with van der Waals surface area (Å²) in [5.74, 6) is 0.0324. The number of aromatic nitrogens is 3. The molecular formula is C18H27N3O3. The van der Waals surface area contributed by atoms with E-state index in [1.807, 2.05) is 46.1 Å². The van der Waals surface area contributed by atoms with Gasteiger partial charge in [-0.25, -0.2) is 9.78 Å². The van der Waals surface area contributed by atoms with Crippen LogP contribution in [0.1, 0.15) is 32.0 Å². The van der Waals surface area contributed by atoms with Crippen LogP contribution in [-0.2, 0) is 16.6 Å². The fraction of sp³-hybridized carbons (Fsp3) is 0.389. The summed E-state index contributed by atoms with van der Waals surface area (Å²) in [4.78, 5) is 15.7. The molecule has 0 spiro atoms. The molecule has 2 aromatic rings. The number of hydrogen-bond acceptors (Lipinski definition) is 5. The van der Waals surface area contributed by atoms with Crippen LogP contribution < -0.4 is 4.74 Å². The highest BCUT2D eigenvalue weighted by atomic mass is 16.5. The third kappa shape index (κ3) is 6.64. The normalized spacial score (nSPS) is 9.88. The first-order chi connectivity index (χ1) is 11.5. The van der Waals surface area contributed by atoms with E-state index < -0.39 is 5.97 Å². The van der Waals surface area contributed by atoms with Gasteiger partial charge in [-0.1, -0.05) is 19.9 Å². The number of carbonyl (C=O) groups excluding carboxylic acids is 1. The van der Waals surface area contributed by atoms with Crippen molar-refractivity contribution in [3.8, 4) is 5.88 Å². The summed E-state index contributed by atoms with van der Waals surface area (Å²) in [6.07, 6.45) is 5.32. The Kier molecular flexibility index (Phi) is 10.6. The molecule has 0 fully saturated rings. The van der Waals surface area contributed by atoms with Crippen molar-refractivity contribution >= 4 is 11.5 Å². The number of aryl methyl sites for hydroxylation is 2. The smallest absolute Gasteiger partial charge is 0.338 e. The number of hydrogen-bond donors (Lipinski definition) is 0. The van der Waals surface area contributed by atoms with Crippen molar-refractivity contribution in [1.82, 2.24) is 14.8 Å². The Morgan fingerprint density at radius 2 is 1.92 bits per heavy atom. The number of nitrogens with zero attached hydrogens (tertiary/aromatic N) is 3. The van der Waals surface area contributed by atoms with Gasteiger partial charge >= 0.3 is 5.97 Å². The van der Waals surface area contributed by atoms with Gasteiger partial charge in [0.2, 0.25) is 5.88 Å². The van der Waals surface area contributed by atoms with E-state index in [9.17, 15) is 4.79 Å². The molecule has 0 aromatic carbocycles. The van der Waals surface area contributed by atoms with Crippen molar-refractivity contribution in [1.29, 1.82) is 0 Å². The minimum Gasteiger partial charge on any atom is -0.481 e. The maximum atomic E-state index is 11.5. The SMILES string of the molecule is C/C=C(/C(=O)OC)c1ccc(C)nc1OC.CC.Cn1cccn1. The first-order valence-electron chi connectivity index (χ1n) is 7.73. The average molecular weight is 333 g/mol. The van der Waals surface area contributed by atoms with E-state index in [0.29, 0.717) is 17.0 Å². The quantitative estimate of drug-likeness (QED) is 0.636. The van der Waals surface area contributed by atoms with Gasteiger partial charge in [0.25, 0.3) is 0 Å². The highest BCUT2D eigenvalue weighted by Crippen LogP contribution is 2.25. The number of ether oxygens (including phenoxy) is 2. The highest BCUT2D eigenvalue weighted by molar-refractivity contribution is 6.17. The van der Waals surface area contributed by atoms with Gasteiger partial charge in [-0.15, -0.1) is 0 Å². The molecule has 0 saturated heterocycles. The zero-order chi connectivity index (χ0) is 18.5. The molecule has 0 N–H and O–H groups in total. The fourth-order valence-electron chi connectivity index (χ4n) is 1.73. The molecule has 0 amide bonds. The van der Waals surface area contributed by atoms with Crippen LogP contribution in [-0.4, -0.2) is 35.0 Å². The van der Waals surface area contributed by atoms with Crippen LogP contribution in [0.15, 0.2) is 36.7 Å². The minimum absolute atomic E-state index is 0.397. The topological polar surface area (TPSA) is 66.2 Å². The monoisotopic (exact) mass is 333 g/mol. The summed E-state index contributed by atoms with van der Waals surface area (Å²) in [5.41, 5.74) is 1.93. The molecular weight excluding hydrogens is 306 g/mol. The van der Waals surface area contributed by atoms with Crippen LogP contribution in [0.4, 0.5) is 0 Å². The van der Waals surface area contributed by atoms with E-state index in [-0.39, 0.29) is 0 Å². The van der Waals surface area contributed by atoms with Crippen molar-refractivity contribution in [2.45, 2.75) is 27.7 Å². The van der Waals surface area contributed by atoms with Crippen LogP contribution >= 0.6 is 0 Å². The van der Waals surface area contributed by atoms with Crippen LogP contribution in [0.25, 0.3) is 5.57 Å². The minimum atomic E-state index is -0.397. The Balaban J connectivity index is 0.000000547. The lowest BCUT2D eigenvalue weighted by Crippen LogP contribution is -2.06. The van der Waals surface area contributed by atoms with Crippen molar-refractivity contribution in [2.24, 2.45) is 7.05 Å². The number of esters is 1. The van der Waals surface area contributed by atoms with Crippen molar-refractivity contribution < 1.29 is 14.3 Å². The molecule has 2 aromatic heterocycles. The summed E-state index contributed by atoms with van der Waals surface area (Å²) in [6, 6.07) is 5.51. The van der Waals surface area contributed by atoms with Gasteiger partial charge in [0, 0.05) is 25.1 Å². The van der Waals surface area contributed by atoms with E-state index >= 15 is 0 Å². The number of pyridine rings is 1. The fourth-order valence-corrected chi connectivity index (χ4v) is 1.73. The molecule has 6 nitrogen and oxygen atoms in total. The van der Waals surface area contributed by atoms with E-state index in [2.05, 4.69) is 10.1 Å². The van der Waals surface area contributed by atoms with Crippen molar-refractivity contribution in [3.63, 3.8) is 0 Å². The van der Waals surface area contributed by atoms with Crippen molar-refractivity contribution in [3.05, 3.63) is 47.9 Å². The molecule has 0 bridgehead atoms. The standard InChI is InChI=1S/C12H15NO3.C4H6N2.C2H6/c1-5-9(12(14)16-4)10-7-6-8(2)13-11(10)15-3;1-6-4-2-3-5-6;1-2/h5-7H,1-4H3;2-4H,1H3;1-2H3/b9-5+;;. The maximum absolute atomic E-state index is 11.5. The van der Waals surface area contributed by atoms with Gasteiger partial charge in [0.15, 0.2) is 0 Å². The van der Waals surface area contributed by atoms with Gasteiger partial charge in [0.1, 0.15) is 0 Å². The highest BCUT2D eigenvalue weighted by Gasteiger charge is 2.16. The largest absolute Gasteiger partial charge is 0.481 e. The number of methoxy groups -OCH3 is 2. The van der Waals surface area contributed by atoms with Crippen LogP contribution in [0.3, 0.4) is 0 Å². The number of rotatable bonds is 3. The Labute approximate surface area is 144 Å². The first-order valence-corrected chi connectivity index (χ1v) is 7.73. The molecule has 2 heterocycles. The predicted octanol–water partition coefficient (Wildman–Crippen LogP) is 3.42. The summed E-state index contributed by atoms with van der Waals surface area (Å²) < 4.78 is 11.6. The molecule has 0 aliphatic carbocycles. The summed E-state index contributed by atoms with van der Waals surface area (Å²) >= 11 is 0. The molecule has 24 heavy (non-hydrogen) atoms. The molecule has 0 radical (unpaired) electrons. The third-order valence-electron chi connectivity index (χ3n) is 2.81. The van der Waals surface area contributed by atoms with Crippen LogP contribution in [0, 0.1) is 6.92 Å². The predicted molar refractivity (Wildman–Crippen MR) is 95.7 cm³/mol. The molecule has 6 heteroatoms. The van der Waals surface area contributed by atoms with E-state index in [1.54, 1.807) is 29.9 Å². The molecule has 2 rings (SSSR count). The Morgan fingerprint density at radius 1 is 1.25 bits per heavy atom. The van der Waals surface area contributed by atoms with E-state index in [0.717, 1.165) is 5.69 Å². The molecule has 0 unspecified atom stereocenters. The van der Waals surface area contributed by atoms with Gasteiger partial charge < -0.3 is 9.47 Å². The molecule has 0 aliphatic rings. The second kappa shape index (κ2) is 11.9. The van der Waals surface area contributed by atoms with Gasteiger partial charge in [-0.2, -0.15) is 5.10 Å². The average Bonchev–Trinajstić information content (AvgIpc) is 3.09. The first kappa shape index (κ1) is 21.4. The maximum Gasteiger partial charge on any atom is 0.338 e. The second-order valence-electron chi connectivity index (χ2n) is 4.38. The zero-order valence-electron chi connectivity index (χ0n) is 15.5. The Morgan fingerprint density at radius 3 is 2.29 bits per heavy atom. The van der Waals surface area contributed by atoms with Gasteiger partial charge in [-0.3, -0.25) is 4.68 Å². The molecule has 132 valence electrons. The third-order valence-corrected chi connectivity index (χ3v) is 2.81. The summed E-state index contributed by atoms with van der Waals surface area (Å²) in [6.45, 7) is 7.63. The molecule has 0 atom stereocenters. The zero-order valence-corrected chi connectivity index (χ0v) is 15.5. The lowest BCUT2D eigenvalue weighted by atomic mass is 10.1. The lowest BCUT2D eigenvalue weighted by Gasteiger charge is -2.09. The number of allylic oxidation sites excluding steroid dienone is 1. The summed E-state index contributed by atoms with van der Waals surface area (Å²) in [5, 5.41) is 3.83. The second-order valence-corrected chi connectivity index (χ2v) is 4.38. The van der Waals surface area contributed by atoms with Crippen LogP contribution in [0.5, 0.6) is 5.88 Å². The van der Waals surface area contributed by atoms with Gasteiger partial charge in [-0.05, 0) is 32.0 Å². The Bertz CT molecular complexity index is 635. The molecule has 0 saturated carbocycles. The van der Waals surface area contributed by atoms with Crippen LogP contribution in [0.2, 0.25) is 0 Å². The van der Waals surface area contributed by atoms with E-state index in [4.69, 9.17) is 9.47 Å². The van der Waals surface area contributed by atoms with E-state index in [1.165, 1.54) is 14.2 Å². The molecule has 0 aliphatic heterocycles. The Hall–Kier alpha value is -2.63.